The standard InChI is InChI=1S/C17H18BrN3O5/c18-11-1-2-12-13(8-21(9-15(23)24)14(12)7-11)16(17(25)26)20-5-3-19(10-22)4-6-20/h1-2,7-8,10,16H,3-6,9H2,(H,23,24)(H,25,26)/t16-/m0/s1. The smallest absolute Gasteiger partial charge is 0.325 e. The Morgan fingerprint density at radius 3 is 2.46 bits per heavy atom. The zero-order chi connectivity index (χ0) is 18.8. The second-order valence-electron chi connectivity index (χ2n) is 6.19. The number of rotatable bonds is 6. The first-order valence-corrected chi connectivity index (χ1v) is 8.86. The van der Waals surface area contributed by atoms with Crippen molar-refractivity contribution in [2.75, 3.05) is 26.2 Å². The highest BCUT2D eigenvalue weighted by Gasteiger charge is 2.32. The number of carboxylic acid groups (broad SMARTS) is 2. The Morgan fingerprint density at radius 1 is 1.19 bits per heavy atom. The minimum atomic E-state index is -1.00. The van der Waals surface area contributed by atoms with E-state index in [1.807, 2.05) is 4.90 Å². The number of piperazine rings is 1. The van der Waals surface area contributed by atoms with Crippen LogP contribution in [0.5, 0.6) is 0 Å². The summed E-state index contributed by atoms with van der Waals surface area (Å²) in [6, 6.07) is 4.48. The van der Waals surface area contributed by atoms with Gasteiger partial charge in [0.15, 0.2) is 0 Å². The van der Waals surface area contributed by atoms with Crippen LogP contribution in [-0.2, 0) is 20.9 Å². The van der Waals surface area contributed by atoms with E-state index in [1.54, 1.807) is 33.9 Å². The maximum absolute atomic E-state index is 12.0. The molecule has 1 saturated heterocycles. The minimum Gasteiger partial charge on any atom is -0.480 e. The molecule has 2 N–H and O–H groups in total. The van der Waals surface area contributed by atoms with Gasteiger partial charge < -0.3 is 19.7 Å². The predicted octanol–water partition coefficient (Wildman–Crippen LogP) is 1.39. The lowest BCUT2D eigenvalue weighted by molar-refractivity contribution is -0.144. The van der Waals surface area contributed by atoms with Crippen molar-refractivity contribution in [2.45, 2.75) is 12.6 Å². The largest absolute Gasteiger partial charge is 0.480 e. The highest BCUT2D eigenvalue weighted by Crippen LogP contribution is 2.32. The quantitative estimate of drug-likeness (QED) is 0.680. The summed E-state index contributed by atoms with van der Waals surface area (Å²) in [6.45, 7) is 1.56. The first-order valence-electron chi connectivity index (χ1n) is 8.07. The molecule has 1 atom stereocenters. The molecule has 0 bridgehead atoms. The first kappa shape index (κ1) is 18.4. The predicted molar refractivity (Wildman–Crippen MR) is 96.9 cm³/mol. The molecule has 9 heteroatoms. The molecule has 1 aromatic carbocycles. The van der Waals surface area contributed by atoms with Crippen molar-refractivity contribution in [3.63, 3.8) is 0 Å². The van der Waals surface area contributed by atoms with Crippen LogP contribution < -0.4 is 0 Å². The molecule has 3 rings (SSSR count). The summed E-state index contributed by atoms with van der Waals surface area (Å²) in [5.74, 6) is -2.00. The molecule has 8 nitrogen and oxygen atoms in total. The summed E-state index contributed by atoms with van der Waals surface area (Å²) in [5, 5.41) is 19.7. The van der Waals surface area contributed by atoms with Crippen molar-refractivity contribution in [3.8, 4) is 0 Å². The van der Waals surface area contributed by atoms with E-state index in [2.05, 4.69) is 15.9 Å². The van der Waals surface area contributed by atoms with E-state index in [9.17, 15) is 19.5 Å². The third-order valence-electron chi connectivity index (χ3n) is 4.57. The topological polar surface area (TPSA) is 103 Å². The molecule has 0 unspecified atom stereocenters. The Bertz CT molecular complexity index is 857. The van der Waals surface area contributed by atoms with Crippen molar-refractivity contribution in [3.05, 3.63) is 34.4 Å². The minimum absolute atomic E-state index is 0.252. The number of hydrogen-bond acceptors (Lipinski definition) is 4. The van der Waals surface area contributed by atoms with Gasteiger partial charge >= 0.3 is 11.9 Å². The fourth-order valence-corrected chi connectivity index (χ4v) is 3.72. The van der Waals surface area contributed by atoms with E-state index < -0.39 is 18.0 Å². The fourth-order valence-electron chi connectivity index (χ4n) is 3.37. The molecular formula is C17H18BrN3O5. The molecule has 0 radical (unpaired) electrons. The molecule has 26 heavy (non-hydrogen) atoms. The van der Waals surface area contributed by atoms with Crippen LogP contribution >= 0.6 is 15.9 Å². The monoisotopic (exact) mass is 423 g/mol. The summed E-state index contributed by atoms with van der Waals surface area (Å²) in [7, 11) is 0. The Balaban J connectivity index is 2.04. The second-order valence-corrected chi connectivity index (χ2v) is 7.10. The van der Waals surface area contributed by atoms with Crippen LogP contribution in [0.3, 0.4) is 0 Å². The zero-order valence-corrected chi connectivity index (χ0v) is 15.4. The Labute approximate surface area is 157 Å². The lowest BCUT2D eigenvalue weighted by Crippen LogP contribution is -2.48. The molecule has 2 aromatic rings. The number of aromatic nitrogens is 1. The van der Waals surface area contributed by atoms with E-state index in [4.69, 9.17) is 5.11 Å². The van der Waals surface area contributed by atoms with Crippen molar-refractivity contribution in [1.29, 1.82) is 0 Å². The molecule has 1 aliphatic rings. The van der Waals surface area contributed by atoms with Crippen LogP contribution in [0.1, 0.15) is 11.6 Å². The molecule has 1 fully saturated rings. The van der Waals surface area contributed by atoms with Gasteiger partial charge in [0.05, 0.1) is 5.52 Å². The molecule has 0 saturated carbocycles. The molecule has 0 aliphatic carbocycles. The van der Waals surface area contributed by atoms with Gasteiger partial charge in [0, 0.05) is 47.8 Å². The van der Waals surface area contributed by atoms with Crippen LogP contribution in [0, 0.1) is 0 Å². The van der Waals surface area contributed by atoms with Gasteiger partial charge in [-0.2, -0.15) is 0 Å². The van der Waals surface area contributed by atoms with Gasteiger partial charge in [-0.3, -0.25) is 19.3 Å². The molecule has 2 heterocycles. The van der Waals surface area contributed by atoms with Gasteiger partial charge in [-0.1, -0.05) is 22.0 Å². The van der Waals surface area contributed by atoms with Crippen LogP contribution in [-0.4, -0.2) is 69.1 Å². The Kier molecular flexibility index (Phi) is 5.28. The van der Waals surface area contributed by atoms with Crippen molar-refractivity contribution >= 4 is 45.2 Å². The molecule has 1 amide bonds. The van der Waals surface area contributed by atoms with Crippen LogP contribution in [0.15, 0.2) is 28.9 Å². The lowest BCUT2D eigenvalue weighted by Gasteiger charge is -2.36. The number of nitrogens with zero attached hydrogens (tertiary/aromatic N) is 3. The summed E-state index contributed by atoms with van der Waals surface area (Å²) in [5.41, 5.74) is 1.22. The van der Waals surface area contributed by atoms with E-state index in [0.717, 1.165) is 10.9 Å². The van der Waals surface area contributed by atoms with Gasteiger partial charge in [0.1, 0.15) is 12.6 Å². The molecular weight excluding hydrogens is 406 g/mol. The van der Waals surface area contributed by atoms with Gasteiger partial charge in [0.25, 0.3) is 0 Å². The summed E-state index contributed by atoms with van der Waals surface area (Å²) >= 11 is 3.37. The van der Waals surface area contributed by atoms with Crippen molar-refractivity contribution in [2.24, 2.45) is 0 Å². The highest BCUT2D eigenvalue weighted by atomic mass is 79.9. The Morgan fingerprint density at radius 2 is 1.88 bits per heavy atom. The van der Waals surface area contributed by atoms with Gasteiger partial charge in [-0.15, -0.1) is 0 Å². The summed E-state index contributed by atoms with van der Waals surface area (Å²) < 4.78 is 2.34. The normalized spacial score (nSPS) is 16.6. The third kappa shape index (κ3) is 3.58. The van der Waals surface area contributed by atoms with Crippen molar-refractivity contribution in [1.82, 2.24) is 14.4 Å². The van der Waals surface area contributed by atoms with Crippen LogP contribution in [0.25, 0.3) is 10.9 Å². The Hall–Kier alpha value is -2.39. The number of aliphatic carboxylic acids is 2. The maximum atomic E-state index is 12.0. The molecule has 1 aromatic heterocycles. The maximum Gasteiger partial charge on any atom is 0.325 e. The van der Waals surface area contributed by atoms with E-state index in [-0.39, 0.29) is 6.54 Å². The second kappa shape index (κ2) is 7.46. The number of halogens is 1. The van der Waals surface area contributed by atoms with Gasteiger partial charge in [-0.05, 0) is 12.1 Å². The highest BCUT2D eigenvalue weighted by molar-refractivity contribution is 9.10. The van der Waals surface area contributed by atoms with Gasteiger partial charge in [0.2, 0.25) is 6.41 Å². The summed E-state index contributed by atoms with van der Waals surface area (Å²) in [4.78, 5) is 37.5. The average molecular weight is 424 g/mol. The van der Waals surface area contributed by atoms with Crippen LogP contribution in [0.2, 0.25) is 0 Å². The molecule has 138 valence electrons. The molecule has 0 spiro atoms. The van der Waals surface area contributed by atoms with E-state index in [0.29, 0.717) is 42.6 Å². The van der Waals surface area contributed by atoms with E-state index >= 15 is 0 Å². The number of fused-ring (bicyclic) bond motifs is 1. The number of benzene rings is 1. The van der Waals surface area contributed by atoms with E-state index in [1.165, 1.54) is 0 Å². The number of carbonyl (C=O) groups is 3. The first-order chi connectivity index (χ1) is 12.4. The van der Waals surface area contributed by atoms with Gasteiger partial charge in [-0.25, -0.2) is 0 Å². The van der Waals surface area contributed by atoms with Crippen LogP contribution in [0.4, 0.5) is 0 Å². The number of carbonyl (C=O) groups excluding carboxylic acids is 1. The van der Waals surface area contributed by atoms with Crippen molar-refractivity contribution < 1.29 is 24.6 Å². The SMILES string of the molecule is O=CN1CCN([C@H](C(=O)O)c2cn(CC(=O)O)c3cc(Br)ccc23)CC1. The molecule has 1 aliphatic heterocycles. The average Bonchev–Trinajstić information content (AvgIpc) is 2.92. The zero-order valence-electron chi connectivity index (χ0n) is 13.8. The number of hydrogen-bond donors (Lipinski definition) is 2. The summed E-state index contributed by atoms with van der Waals surface area (Å²) in [6.07, 6.45) is 2.37. The lowest BCUT2D eigenvalue weighted by atomic mass is 10.0. The number of carboxylic acids is 2. The fraction of sp³-hybridized carbons (Fsp3) is 0.353. The number of amides is 1. The third-order valence-corrected chi connectivity index (χ3v) is 5.07.